The lowest BCUT2D eigenvalue weighted by Crippen LogP contribution is -2.29. The van der Waals surface area contributed by atoms with E-state index in [1.165, 1.54) is 37.3 Å². The maximum absolute atomic E-state index is 13.5. The van der Waals surface area contributed by atoms with Crippen LogP contribution in [0.5, 0.6) is 11.5 Å². The van der Waals surface area contributed by atoms with Gasteiger partial charge in [-0.2, -0.15) is 0 Å². The maximum Gasteiger partial charge on any atom is 0.281 e. The molecule has 1 N–H and O–H groups in total. The van der Waals surface area contributed by atoms with Gasteiger partial charge in [0.05, 0.1) is 26.5 Å². The first-order valence-electron chi connectivity index (χ1n) is 7.13. The van der Waals surface area contributed by atoms with E-state index in [0.29, 0.717) is 17.2 Å². The number of carbonyl (C=O) groups excluding carboxylic acids is 1. The molecule has 0 spiro atoms. The predicted octanol–water partition coefficient (Wildman–Crippen LogP) is 2.57. The van der Waals surface area contributed by atoms with Crippen LogP contribution in [0.25, 0.3) is 0 Å². The molecule has 0 saturated carbocycles. The molecule has 124 valence electrons. The highest BCUT2D eigenvalue weighted by Crippen LogP contribution is 2.32. The average molecular weight is 330 g/mol. The van der Waals surface area contributed by atoms with Crippen LogP contribution in [-0.2, 0) is 11.3 Å². The highest BCUT2D eigenvalue weighted by molar-refractivity contribution is 6.54. The smallest absolute Gasteiger partial charge is 0.281 e. The van der Waals surface area contributed by atoms with Crippen LogP contribution in [0.2, 0.25) is 0 Å². The molecule has 7 heteroatoms. The van der Waals surface area contributed by atoms with Crippen molar-refractivity contribution in [3.8, 4) is 11.5 Å². The third-order valence-corrected chi connectivity index (χ3v) is 3.80. The zero-order chi connectivity index (χ0) is 17.3. The number of anilines is 1. The minimum Gasteiger partial charge on any atom is -0.497 e. The molecule has 2 aromatic carbocycles. The fourth-order valence-electron chi connectivity index (χ4n) is 2.68. The summed E-state index contributed by atoms with van der Waals surface area (Å²) in [4.78, 5) is 13.9. The van der Waals surface area contributed by atoms with Gasteiger partial charge in [-0.15, -0.1) is 0 Å². The van der Waals surface area contributed by atoms with E-state index in [0.717, 1.165) is 5.56 Å². The molecule has 1 amide bonds. The van der Waals surface area contributed by atoms with Crippen molar-refractivity contribution in [1.82, 2.24) is 0 Å². The minimum atomic E-state index is -0.507. The highest BCUT2D eigenvalue weighted by Gasteiger charge is 2.35. The Bertz CT molecular complexity index is 813. The van der Waals surface area contributed by atoms with Crippen LogP contribution in [0.15, 0.2) is 41.6 Å². The van der Waals surface area contributed by atoms with Gasteiger partial charge in [-0.05, 0) is 35.9 Å². The molecular weight excluding hydrogens is 315 g/mol. The Labute approximate surface area is 137 Å². The summed E-state index contributed by atoms with van der Waals surface area (Å²) < 4.78 is 23.9. The number of benzene rings is 2. The van der Waals surface area contributed by atoms with Gasteiger partial charge in [0.15, 0.2) is 5.71 Å². The van der Waals surface area contributed by atoms with Crippen LogP contribution in [0, 0.1) is 5.82 Å². The molecule has 0 aromatic heterocycles. The van der Waals surface area contributed by atoms with Crippen LogP contribution >= 0.6 is 0 Å². The second kappa shape index (κ2) is 6.19. The number of ether oxygens (including phenoxy) is 2. The molecule has 0 unspecified atom stereocenters. The molecule has 6 nitrogen and oxygen atoms in total. The van der Waals surface area contributed by atoms with E-state index in [-0.39, 0.29) is 17.8 Å². The number of carbonyl (C=O) groups is 1. The summed E-state index contributed by atoms with van der Waals surface area (Å²) in [6.07, 6.45) is 0. The normalized spacial score (nSPS) is 14.9. The largest absolute Gasteiger partial charge is 0.497 e. The first kappa shape index (κ1) is 15.8. The number of nitrogens with zero attached hydrogens (tertiary/aromatic N) is 2. The Morgan fingerprint density at radius 1 is 1.12 bits per heavy atom. The van der Waals surface area contributed by atoms with Crippen LogP contribution in [0.1, 0.15) is 11.1 Å². The molecular formula is C17H15FN2O4. The Morgan fingerprint density at radius 2 is 1.79 bits per heavy atom. The fourth-order valence-corrected chi connectivity index (χ4v) is 2.68. The number of fused-ring (bicyclic) bond motifs is 1. The van der Waals surface area contributed by atoms with Crippen molar-refractivity contribution in [2.75, 3.05) is 19.1 Å². The summed E-state index contributed by atoms with van der Waals surface area (Å²) in [6.45, 7) is 0.198. The zero-order valence-corrected chi connectivity index (χ0v) is 13.1. The number of hydrogen-bond acceptors (Lipinski definition) is 5. The van der Waals surface area contributed by atoms with E-state index >= 15 is 0 Å². The van der Waals surface area contributed by atoms with Crippen LogP contribution < -0.4 is 14.4 Å². The maximum atomic E-state index is 13.5. The van der Waals surface area contributed by atoms with Crippen molar-refractivity contribution in [3.05, 3.63) is 53.3 Å². The molecule has 0 fully saturated rings. The van der Waals surface area contributed by atoms with Crippen molar-refractivity contribution in [1.29, 1.82) is 0 Å². The highest BCUT2D eigenvalue weighted by atomic mass is 19.1. The fraction of sp³-hybridized carbons (Fsp3) is 0.176. The number of methoxy groups -OCH3 is 2. The van der Waals surface area contributed by atoms with Crippen LogP contribution in [0.4, 0.5) is 10.1 Å². The topological polar surface area (TPSA) is 71.4 Å². The third-order valence-electron chi connectivity index (χ3n) is 3.80. The summed E-state index contributed by atoms with van der Waals surface area (Å²) in [5.41, 5.74) is 1.32. The van der Waals surface area contributed by atoms with Crippen molar-refractivity contribution in [2.24, 2.45) is 5.16 Å². The van der Waals surface area contributed by atoms with Crippen LogP contribution in [0.3, 0.4) is 0 Å². The lowest BCUT2D eigenvalue weighted by Gasteiger charge is -2.18. The summed E-state index contributed by atoms with van der Waals surface area (Å²) in [6, 6.07) is 9.18. The minimum absolute atomic E-state index is 0.181. The van der Waals surface area contributed by atoms with Crippen molar-refractivity contribution < 1.29 is 23.9 Å². The standard InChI is InChI=1S/C17H15FN2O4/c1-23-12-5-10(6-13(8-12)24-2)9-20-15-4-3-11(18)7-14(15)16(19-22)17(20)21/h3-8,22H,9H2,1-2H3/b19-16-. The second-order valence-electron chi connectivity index (χ2n) is 5.22. The van der Waals surface area contributed by atoms with E-state index in [1.807, 2.05) is 0 Å². The summed E-state index contributed by atoms with van der Waals surface area (Å²) in [7, 11) is 3.07. The van der Waals surface area contributed by atoms with Gasteiger partial charge in [0.1, 0.15) is 17.3 Å². The predicted molar refractivity (Wildman–Crippen MR) is 85.5 cm³/mol. The Balaban J connectivity index is 2.01. The molecule has 0 aliphatic carbocycles. The lowest BCUT2D eigenvalue weighted by molar-refractivity contribution is -0.112. The quantitative estimate of drug-likeness (QED) is 0.691. The number of oxime groups is 1. The van der Waals surface area contributed by atoms with E-state index in [2.05, 4.69) is 5.16 Å². The summed E-state index contributed by atoms with van der Waals surface area (Å²) >= 11 is 0. The zero-order valence-electron chi connectivity index (χ0n) is 13.1. The molecule has 3 rings (SSSR count). The first-order chi connectivity index (χ1) is 11.6. The van der Waals surface area contributed by atoms with Gasteiger partial charge >= 0.3 is 0 Å². The third kappa shape index (κ3) is 2.64. The monoisotopic (exact) mass is 330 g/mol. The SMILES string of the molecule is COc1cc(CN2C(=O)/C(=N\O)c3cc(F)ccc32)cc(OC)c1. The molecule has 1 heterocycles. The Morgan fingerprint density at radius 3 is 2.38 bits per heavy atom. The van der Waals surface area contributed by atoms with Crippen molar-refractivity contribution >= 4 is 17.3 Å². The van der Waals surface area contributed by atoms with Gasteiger partial charge < -0.3 is 19.6 Å². The summed E-state index contributed by atoms with van der Waals surface area (Å²) in [5.74, 6) is 0.172. The molecule has 1 aliphatic rings. The van der Waals surface area contributed by atoms with E-state index < -0.39 is 11.7 Å². The van der Waals surface area contributed by atoms with Crippen molar-refractivity contribution in [2.45, 2.75) is 6.54 Å². The summed E-state index contributed by atoms with van der Waals surface area (Å²) in [5, 5.41) is 12.1. The number of halogens is 1. The van der Waals surface area contributed by atoms with E-state index in [4.69, 9.17) is 14.7 Å². The van der Waals surface area contributed by atoms with Crippen LogP contribution in [-0.4, -0.2) is 31.0 Å². The molecule has 0 atom stereocenters. The van der Waals surface area contributed by atoms with Gasteiger partial charge in [-0.1, -0.05) is 5.16 Å². The molecule has 0 radical (unpaired) electrons. The Hall–Kier alpha value is -3.09. The number of hydrogen-bond donors (Lipinski definition) is 1. The molecule has 2 aromatic rings. The molecule has 0 bridgehead atoms. The number of rotatable bonds is 4. The van der Waals surface area contributed by atoms with E-state index in [9.17, 15) is 9.18 Å². The lowest BCUT2D eigenvalue weighted by atomic mass is 10.1. The molecule has 1 aliphatic heterocycles. The van der Waals surface area contributed by atoms with Gasteiger partial charge in [0, 0.05) is 11.6 Å². The van der Waals surface area contributed by atoms with E-state index in [1.54, 1.807) is 18.2 Å². The molecule has 24 heavy (non-hydrogen) atoms. The second-order valence-corrected chi connectivity index (χ2v) is 5.22. The van der Waals surface area contributed by atoms with Crippen molar-refractivity contribution in [3.63, 3.8) is 0 Å². The molecule has 0 saturated heterocycles. The average Bonchev–Trinajstić information content (AvgIpc) is 2.85. The van der Waals surface area contributed by atoms with Gasteiger partial charge in [0.2, 0.25) is 0 Å². The number of amides is 1. The van der Waals surface area contributed by atoms with Gasteiger partial charge in [-0.25, -0.2) is 4.39 Å². The van der Waals surface area contributed by atoms with Gasteiger partial charge in [0.25, 0.3) is 5.91 Å². The Kier molecular flexibility index (Phi) is 4.07. The first-order valence-corrected chi connectivity index (χ1v) is 7.13. The van der Waals surface area contributed by atoms with Gasteiger partial charge in [-0.3, -0.25) is 4.79 Å².